The molecule has 0 radical (unpaired) electrons. The van der Waals surface area contributed by atoms with Gasteiger partial charge in [0.05, 0.1) is 30.6 Å². The van der Waals surface area contributed by atoms with Gasteiger partial charge >= 0.3 is 5.97 Å². The second-order valence-corrected chi connectivity index (χ2v) is 8.14. The number of para-hydroxylation sites is 2. The fourth-order valence-electron chi connectivity index (χ4n) is 4.67. The number of nitrogens with two attached hydrogens (primary N) is 1. The van der Waals surface area contributed by atoms with E-state index in [0.29, 0.717) is 42.9 Å². The summed E-state index contributed by atoms with van der Waals surface area (Å²) in [4.78, 5) is 29.4. The van der Waals surface area contributed by atoms with Crippen LogP contribution in [0.2, 0.25) is 0 Å². The Hall–Kier alpha value is -3.59. The summed E-state index contributed by atoms with van der Waals surface area (Å²) < 4.78 is 27.6. The highest BCUT2D eigenvalue weighted by molar-refractivity contribution is 5.96. The number of methoxy groups -OCH3 is 1. The maximum absolute atomic E-state index is 15.5. The molecular formula is C25H29FN4O4. The van der Waals surface area contributed by atoms with Crippen LogP contribution in [0.4, 0.5) is 15.8 Å². The van der Waals surface area contributed by atoms with Crippen LogP contribution in [0.25, 0.3) is 10.9 Å². The van der Waals surface area contributed by atoms with Crippen LogP contribution in [0, 0.1) is 5.82 Å². The average molecular weight is 469 g/mol. The molecule has 1 saturated heterocycles. The Morgan fingerprint density at radius 3 is 2.47 bits per heavy atom. The first-order chi connectivity index (χ1) is 16.4. The molecule has 2 N–H and O–H groups in total. The maximum atomic E-state index is 15.5. The summed E-state index contributed by atoms with van der Waals surface area (Å²) in [5.41, 5.74) is 7.85. The van der Waals surface area contributed by atoms with Gasteiger partial charge in [0.15, 0.2) is 0 Å². The highest BCUT2D eigenvalue weighted by atomic mass is 19.1. The lowest BCUT2D eigenvalue weighted by atomic mass is 10.0. The number of benzene rings is 2. The molecule has 0 aliphatic carbocycles. The number of hydrogen-bond donors (Lipinski definition) is 1. The fraction of sp³-hybridized carbons (Fsp3) is 0.360. The zero-order valence-electron chi connectivity index (χ0n) is 19.6. The fourth-order valence-corrected chi connectivity index (χ4v) is 4.67. The third kappa shape index (κ3) is 4.07. The van der Waals surface area contributed by atoms with Gasteiger partial charge < -0.3 is 29.6 Å². The summed E-state index contributed by atoms with van der Waals surface area (Å²) in [6.07, 6.45) is 1.43. The van der Waals surface area contributed by atoms with Crippen molar-refractivity contribution in [1.29, 1.82) is 0 Å². The second kappa shape index (κ2) is 9.72. The first-order valence-electron chi connectivity index (χ1n) is 11.3. The lowest BCUT2D eigenvalue weighted by molar-refractivity contribution is 0.0524. The predicted molar refractivity (Wildman–Crippen MR) is 130 cm³/mol. The zero-order chi connectivity index (χ0) is 24.4. The number of pyridine rings is 1. The number of esters is 1. The van der Waals surface area contributed by atoms with E-state index in [1.165, 1.54) is 12.3 Å². The number of carbonyl (C=O) groups is 1. The van der Waals surface area contributed by atoms with Gasteiger partial charge in [-0.1, -0.05) is 12.1 Å². The lowest BCUT2D eigenvalue weighted by Gasteiger charge is -2.38. The van der Waals surface area contributed by atoms with Crippen molar-refractivity contribution in [2.75, 3.05) is 49.7 Å². The van der Waals surface area contributed by atoms with Crippen molar-refractivity contribution in [2.24, 2.45) is 12.8 Å². The molecule has 0 bridgehead atoms. The zero-order valence-corrected chi connectivity index (χ0v) is 19.6. The summed E-state index contributed by atoms with van der Waals surface area (Å²) >= 11 is 0. The Balaban J connectivity index is 1.72. The van der Waals surface area contributed by atoms with Crippen molar-refractivity contribution in [3.8, 4) is 5.75 Å². The number of ether oxygens (including phenoxy) is 2. The number of carbonyl (C=O) groups excluding carboxylic acids is 1. The molecule has 2 heterocycles. The maximum Gasteiger partial charge on any atom is 0.343 e. The average Bonchev–Trinajstić information content (AvgIpc) is 2.85. The van der Waals surface area contributed by atoms with Gasteiger partial charge in [0.1, 0.15) is 17.1 Å². The molecule has 180 valence electrons. The highest BCUT2D eigenvalue weighted by Gasteiger charge is 2.27. The van der Waals surface area contributed by atoms with E-state index in [-0.39, 0.29) is 24.1 Å². The number of anilines is 2. The van der Waals surface area contributed by atoms with Crippen LogP contribution in [0.15, 0.2) is 41.3 Å². The minimum absolute atomic E-state index is 0.0440. The number of nitrogens with zero attached hydrogens (tertiary/aromatic N) is 3. The van der Waals surface area contributed by atoms with Crippen LogP contribution in [0.5, 0.6) is 5.75 Å². The molecule has 1 fully saturated rings. The van der Waals surface area contributed by atoms with E-state index in [1.54, 1.807) is 25.6 Å². The first-order valence-corrected chi connectivity index (χ1v) is 11.3. The topological polar surface area (TPSA) is 90.0 Å². The first kappa shape index (κ1) is 23.6. The van der Waals surface area contributed by atoms with Gasteiger partial charge in [-0.3, -0.25) is 4.79 Å². The molecule has 0 unspecified atom stereocenters. The summed E-state index contributed by atoms with van der Waals surface area (Å²) in [5, 5.41) is 0.113. The van der Waals surface area contributed by atoms with E-state index in [1.807, 2.05) is 29.2 Å². The molecule has 3 aromatic rings. The SMILES string of the molecule is CCOC(=O)c1cn(C)c2c(CN)c(N3CCN(c4ccccc4OC)CC3)c(F)cc2c1=O. The van der Waals surface area contributed by atoms with E-state index in [9.17, 15) is 9.59 Å². The van der Waals surface area contributed by atoms with Crippen molar-refractivity contribution in [3.05, 3.63) is 63.7 Å². The molecule has 1 aliphatic heterocycles. The summed E-state index contributed by atoms with van der Waals surface area (Å²) in [6.45, 7) is 4.33. The molecule has 4 rings (SSSR count). The summed E-state index contributed by atoms with van der Waals surface area (Å²) in [6, 6.07) is 9.02. The van der Waals surface area contributed by atoms with Crippen LogP contribution in [0.3, 0.4) is 0 Å². The van der Waals surface area contributed by atoms with E-state index >= 15 is 4.39 Å². The minimum Gasteiger partial charge on any atom is -0.495 e. The van der Waals surface area contributed by atoms with Gasteiger partial charge in [-0.25, -0.2) is 9.18 Å². The van der Waals surface area contributed by atoms with Gasteiger partial charge in [0.25, 0.3) is 0 Å². The van der Waals surface area contributed by atoms with E-state index in [2.05, 4.69) is 4.90 Å². The lowest BCUT2D eigenvalue weighted by Crippen LogP contribution is -2.47. The monoisotopic (exact) mass is 468 g/mol. The quantitative estimate of drug-likeness (QED) is 0.556. The van der Waals surface area contributed by atoms with Crippen LogP contribution in [0.1, 0.15) is 22.8 Å². The molecular weight excluding hydrogens is 439 g/mol. The predicted octanol–water partition coefficient (Wildman–Crippen LogP) is 2.65. The van der Waals surface area contributed by atoms with Gasteiger partial charge in [-0.05, 0) is 25.1 Å². The molecule has 0 saturated carbocycles. The Morgan fingerprint density at radius 1 is 1.15 bits per heavy atom. The van der Waals surface area contributed by atoms with Crippen LogP contribution < -0.4 is 25.7 Å². The van der Waals surface area contributed by atoms with Crippen LogP contribution >= 0.6 is 0 Å². The number of rotatable bonds is 6. The number of aryl methyl sites for hydroxylation is 1. The van der Waals surface area contributed by atoms with Gasteiger partial charge in [0, 0.05) is 56.9 Å². The normalized spacial score (nSPS) is 13.9. The van der Waals surface area contributed by atoms with E-state index in [0.717, 1.165) is 11.4 Å². The van der Waals surface area contributed by atoms with E-state index in [4.69, 9.17) is 15.2 Å². The Morgan fingerprint density at radius 2 is 1.82 bits per heavy atom. The highest BCUT2D eigenvalue weighted by Crippen LogP contribution is 2.34. The Bertz CT molecular complexity index is 1280. The number of piperazine rings is 1. The second-order valence-electron chi connectivity index (χ2n) is 8.14. The third-order valence-electron chi connectivity index (χ3n) is 6.21. The number of fused-ring (bicyclic) bond motifs is 1. The number of halogens is 1. The summed E-state index contributed by atoms with van der Waals surface area (Å²) in [5.74, 6) is -0.462. The van der Waals surface area contributed by atoms with Gasteiger partial charge in [-0.2, -0.15) is 0 Å². The van der Waals surface area contributed by atoms with Crippen molar-refractivity contribution in [2.45, 2.75) is 13.5 Å². The van der Waals surface area contributed by atoms with Gasteiger partial charge in [0.2, 0.25) is 5.43 Å². The molecule has 1 aromatic heterocycles. The molecule has 34 heavy (non-hydrogen) atoms. The molecule has 0 amide bonds. The van der Waals surface area contributed by atoms with Crippen molar-refractivity contribution < 1.29 is 18.7 Å². The molecule has 8 nitrogen and oxygen atoms in total. The smallest absolute Gasteiger partial charge is 0.343 e. The third-order valence-corrected chi connectivity index (χ3v) is 6.21. The van der Waals surface area contributed by atoms with Crippen molar-refractivity contribution in [1.82, 2.24) is 4.57 Å². The van der Waals surface area contributed by atoms with Crippen molar-refractivity contribution in [3.63, 3.8) is 0 Å². The van der Waals surface area contributed by atoms with E-state index < -0.39 is 17.2 Å². The molecule has 2 aromatic carbocycles. The van der Waals surface area contributed by atoms with Crippen LogP contribution in [-0.4, -0.2) is 50.4 Å². The Kier molecular flexibility index (Phi) is 6.74. The van der Waals surface area contributed by atoms with Crippen molar-refractivity contribution >= 4 is 28.2 Å². The largest absolute Gasteiger partial charge is 0.495 e. The van der Waals surface area contributed by atoms with Gasteiger partial charge in [-0.15, -0.1) is 0 Å². The Labute approximate surface area is 197 Å². The number of aromatic nitrogens is 1. The molecule has 0 atom stereocenters. The molecule has 9 heteroatoms. The standard InChI is InChI=1S/C25H29FN4O4/c1-4-34-25(32)18-15-28(2)22-16(24(18)31)13-19(26)23(17(22)14-27)30-11-9-29(10-12-30)20-7-5-6-8-21(20)33-3/h5-8,13,15H,4,9-12,14,27H2,1-3H3. The van der Waals surface area contributed by atoms with Crippen LogP contribution in [-0.2, 0) is 18.3 Å². The molecule has 1 aliphatic rings. The summed E-state index contributed by atoms with van der Waals surface area (Å²) in [7, 11) is 3.36. The number of hydrogen-bond acceptors (Lipinski definition) is 7. The minimum atomic E-state index is -0.726. The molecule has 0 spiro atoms.